The molecule has 1 aromatic carbocycles. The molecule has 1 aromatic rings. The van der Waals surface area contributed by atoms with E-state index in [2.05, 4.69) is 31.3 Å². The van der Waals surface area contributed by atoms with Gasteiger partial charge in [-0.2, -0.15) is 0 Å². The number of allylic oxidation sites excluding steroid dienone is 2. The van der Waals surface area contributed by atoms with Crippen molar-refractivity contribution in [1.29, 1.82) is 0 Å². The number of rotatable bonds is 6. The normalized spacial score (nSPS) is 29.7. The molecular formula is C19H27NO. The predicted octanol–water partition coefficient (Wildman–Crippen LogP) is 3.90. The van der Waals surface area contributed by atoms with Crippen LogP contribution in [-0.4, -0.2) is 17.2 Å². The second kappa shape index (κ2) is 6.23. The van der Waals surface area contributed by atoms with Crippen molar-refractivity contribution in [3.05, 3.63) is 42.0 Å². The Morgan fingerprint density at radius 3 is 2.52 bits per heavy atom. The third-order valence-electron chi connectivity index (χ3n) is 5.32. The fraction of sp³-hybridized carbons (Fsp3) is 0.579. The SMILES string of the molecule is CC(CCc1ccc(O)cc1)NC(C)C1CC2C=CC1C2. The van der Waals surface area contributed by atoms with Gasteiger partial charge in [0.2, 0.25) is 0 Å². The molecule has 0 aliphatic heterocycles. The van der Waals surface area contributed by atoms with Crippen molar-refractivity contribution in [2.24, 2.45) is 17.8 Å². The van der Waals surface area contributed by atoms with E-state index >= 15 is 0 Å². The Morgan fingerprint density at radius 1 is 1.14 bits per heavy atom. The molecule has 0 saturated heterocycles. The molecule has 1 saturated carbocycles. The van der Waals surface area contributed by atoms with Crippen molar-refractivity contribution in [2.75, 3.05) is 0 Å². The second-order valence-electron chi connectivity index (χ2n) is 7.01. The lowest BCUT2D eigenvalue weighted by Crippen LogP contribution is -2.41. The molecule has 2 aliphatic carbocycles. The van der Waals surface area contributed by atoms with Crippen molar-refractivity contribution in [1.82, 2.24) is 5.32 Å². The molecule has 0 spiro atoms. The lowest BCUT2D eigenvalue weighted by molar-refractivity contribution is 0.300. The van der Waals surface area contributed by atoms with Crippen LogP contribution in [0.4, 0.5) is 0 Å². The van der Waals surface area contributed by atoms with Crippen LogP contribution in [0.15, 0.2) is 36.4 Å². The van der Waals surface area contributed by atoms with Crippen LogP contribution in [0.1, 0.15) is 38.7 Å². The minimum Gasteiger partial charge on any atom is -0.508 e. The number of benzene rings is 1. The summed E-state index contributed by atoms with van der Waals surface area (Å²) in [5.41, 5.74) is 1.30. The van der Waals surface area contributed by atoms with Gasteiger partial charge in [-0.1, -0.05) is 24.3 Å². The van der Waals surface area contributed by atoms with E-state index in [1.165, 1.54) is 18.4 Å². The molecule has 2 aliphatic rings. The van der Waals surface area contributed by atoms with Gasteiger partial charge in [0, 0.05) is 12.1 Å². The molecule has 5 unspecified atom stereocenters. The molecule has 114 valence electrons. The maximum absolute atomic E-state index is 9.31. The number of hydrogen-bond acceptors (Lipinski definition) is 2. The van der Waals surface area contributed by atoms with Crippen molar-refractivity contribution >= 4 is 0 Å². The summed E-state index contributed by atoms with van der Waals surface area (Å²) in [5.74, 6) is 2.86. The van der Waals surface area contributed by atoms with Crippen LogP contribution in [0.3, 0.4) is 0 Å². The van der Waals surface area contributed by atoms with Crippen LogP contribution in [-0.2, 0) is 6.42 Å². The lowest BCUT2D eigenvalue weighted by Gasteiger charge is -2.29. The van der Waals surface area contributed by atoms with E-state index in [9.17, 15) is 5.11 Å². The molecule has 0 aromatic heterocycles. The number of nitrogens with one attached hydrogen (secondary N) is 1. The highest BCUT2D eigenvalue weighted by atomic mass is 16.3. The number of hydrogen-bond donors (Lipinski definition) is 2. The monoisotopic (exact) mass is 285 g/mol. The third-order valence-corrected chi connectivity index (χ3v) is 5.32. The zero-order valence-corrected chi connectivity index (χ0v) is 13.1. The van der Waals surface area contributed by atoms with E-state index < -0.39 is 0 Å². The Balaban J connectivity index is 1.44. The average molecular weight is 285 g/mol. The van der Waals surface area contributed by atoms with Gasteiger partial charge in [-0.15, -0.1) is 0 Å². The molecule has 2 N–H and O–H groups in total. The first kappa shape index (κ1) is 14.6. The van der Waals surface area contributed by atoms with Crippen molar-refractivity contribution in [3.8, 4) is 5.75 Å². The van der Waals surface area contributed by atoms with Gasteiger partial charge in [0.15, 0.2) is 0 Å². The van der Waals surface area contributed by atoms with Gasteiger partial charge in [0.1, 0.15) is 5.75 Å². The number of phenols is 1. The minimum absolute atomic E-state index is 0.350. The summed E-state index contributed by atoms with van der Waals surface area (Å²) >= 11 is 0. The highest BCUT2D eigenvalue weighted by molar-refractivity contribution is 5.25. The van der Waals surface area contributed by atoms with E-state index in [1.807, 2.05) is 12.1 Å². The summed E-state index contributed by atoms with van der Waals surface area (Å²) in [6.45, 7) is 4.65. The van der Waals surface area contributed by atoms with E-state index in [0.29, 0.717) is 17.8 Å². The molecule has 2 heteroatoms. The Hall–Kier alpha value is -1.28. The molecule has 2 bridgehead atoms. The van der Waals surface area contributed by atoms with E-state index in [0.717, 1.165) is 30.6 Å². The predicted molar refractivity (Wildman–Crippen MR) is 87.3 cm³/mol. The number of aryl methyl sites for hydroxylation is 1. The molecule has 21 heavy (non-hydrogen) atoms. The number of phenolic OH excluding ortho intramolecular Hbond substituents is 1. The summed E-state index contributed by atoms with van der Waals surface area (Å²) in [6.07, 6.45) is 9.84. The smallest absolute Gasteiger partial charge is 0.115 e. The van der Waals surface area contributed by atoms with Gasteiger partial charge in [-0.05, 0) is 75.0 Å². The zero-order valence-electron chi connectivity index (χ0n) is 13.1. The maximum Gasteiger partial charge on any atom is 0.115 e. The van der Waals surface area contributed by atoms with Crippen molar-refractivity contribution in [3.63, 3.8) is 0 Å². The van der Waals surface area contributed by atoms with Gasteiger partial charge in [-0.3, -0.25) is 0 Å². The third kappa shape index (κ3) is 3.49. The van der Waals surface area contributed by atoms with Crippen LogP contribution in [0, 0.1) is 17.8 Å². The van der Waals surface area contributed by atoms with E-state index in [1.54, 1.807) is 12.1 Å². The van der Waals surface area contributed by atoms with E-state index in [-0.39, 0.29) is 0 Å². The van der Waals surface area contributed by atoms with E-state index in [4.69, 9.17) is 0 Å². The lowest BCUT2D eigenvalue weighted by atomic mass is 9.87. The van der Waals surface area contributed by atoms with Crippen LogP contribution < -0.4 is 5.32 Å². The molecule has 1 fully saturated rings. The fourth-order valence-electron chi connectivity index (χ4n) is 4.10. The number of fused-ring (bicyclic) bond motifs is 2. The van der Waals surface area contributed by atoms with Gasteiger partial charge >= 0.3 is 0 Å². The average Bonchev–Trinajstić information content (AvgIpc) is 3.09. The topological polar surface area (TPSA) is 32.3 Å². The van der Waals surface area contributed by atoms with Gasteiger partial charge in [0.25, 0.3) is 0 Å². The van der Waals surface area contributed by atoms with Crippen LogP contribution in [0.5, 0.6) is 5.75 Å². The molecule has 0 heterocycles. The van der Waals surface area contributed by atoms with Crippen molar-refractivity contribution < 1.29 is 5.11 Å². The van der Waals surface area contributed by atoms with Gasteiger partial charge in [0.05, 0.1) is 0 Å². The highest BCUT2D eigenvalue weighted by Crippen LogP contribution is 2.44. The summed E-state index contributed by atoms with van der Waals surface area (Å²) in [5, 5.41) is 13.1. The Kier molecular flexibility index (Phi) is 4.34. The molecular weight excluding hydrogens is 258 g/mol. The maximum atomic E-state index is 9.31. The van der Waals surface area contributed by atoms with Crippen LogP contribution in [0.2, 0.25) is 0 Å². The standard InChI is InChI=1S/C19H27NO/c1-13(3-4-15-6-9-18(21)10-7-15)20-14(2)19-12-16-5-8-17(19)11-16/h5-10,13-14,16-17,19-21H,3-4,11-12H2,1-2H3. The minimum atomic E-state index is 0.350. The fourth-order valence-corrected chi connectivity index (χ4v) is 4.10. The Morgan fingerprint density at radius 2 is 1.90 bits per heavy atom. The Bertz CT molecular complexity index is 493. The summed E-state index contributed by atoms with van der Waals surface area (Å²) < 4.78 is 0. The molecule has 0 radical (unpaired) electrons. The summed E-state index contributed by atoms with van der Waals surface area (Å²) in [6, 6.07) is 8.74. The Labute approximate surface area is 128 Å². The van der Waals surface area contributed by atoms with Crippen molar-refractivity contribution in [2.45, 2.75) is 51.6 Å². The van der Waals surface area contributed by atoms with Gasteiger partial charge in [-0.25, -0.2) is 0 Å². The zero-order chi connectivity index (χ0) is 14.8. The highest BCUT2D eigenvalue weighted by Gasteiger charge is 2.38. The summed E-state index contributed by atoms with van der Waals surface area (Å²) in [4.78, 5) is 0. The quantitative estimate of drug-likeness (QED) is 0.777. The second-order valence-corrected chi connectivity index (χ2v) is 7.01. The number of aromatic hydroxyl groups is 1. The largest absolute Gasteiger partial charge is 0.508 e. The molecule has 5 atom stereocenters. The molecule has 0 amide bonds. The first-order valence-corrected chi connectivity index (χ1v) is 8.34. The first-order valence-electron chi connectivity index (χ1n) is 8.34. The summed E-state index contributed by atoms with van der Waals surface area (Å²) in [7, 11) is 0. The van der Waals surface area contributed by atoms with Crippen LogP contribution in [0.25, 0.3) is 0 Å². The van der Waals surface area contributed by atoms with Gasteiger partial charge < -0.3 is 10.4 Å². The molecule has 3 rings (SSSR count). The first-order chi connectivity index (χ1) is 10.1. The molecule has 2 nitrogen and oxygen atoms in total. The van der Waals surface area contributed by atoms with Crippen LogP contribution >= 0.6 is 0 Å².